The van der Waals surface area contributed by atoms with Gasteiger partial charge in [-0.3, -0.25) is 14.4 Å². The van der Waals surface area contributed by atoms with Gasteiger partial charge in [-0.2, -0.15) is 0 Å². The number of benzene rings is 1. The summed E-state index contributed by atoms with van der Waals surface area (Å²) >= 11 is 1.20. The molecule has 0 saturated heterocycles. The van der Waals surface area contributed by atoms with Crippen molar-refractivity contribution in [2.24, 2.45) is 0 Å². The maximum atomic E-state index is 12.2. The molecule has 0 atom stereocenters. The number of hydrogen-bond donors (Lipinski definition) is 2. The Morgan fingerprint density at radius 3 is 2.50 bits per heavy atom. The van der Waals surface area contributed by atoms with Crippen LogP contribution >= 0.6 is 11.8 Å². The van der Waals surface area contributed by atoms with Crippen molar-refractivity contribution in [3.63, 3.8) is 0 Å². The van der Waals surface area contributed by atoms with Gasteiger partial charge in [0, 0.05) is 24.2 Å². The van der Waals surface area contributed by atoms with Crippen LogP contribution in [0, 0.1) is 0 Å². The van der Waals surface area contributed by atoms with Gasteiger partial charge in [0.05, 0.1) is 11.4 Å². The Morgan fingerprint density at radius 1 is 1.25 bits per heavy atom. The van der Waals surface area contributed by atoms with Crippen molar-refractivity contribution in [3.8, 4) is 0 Å². The van der Waals surface area contributed by atoms with Crippen LogP contribution in [0.3, 0.4) is 0 Å². The largest absolute Gasteiger partial charge is 0.326 e. The van der Waals surface area contributed by atoms with Crippen molar-refractivity contribution in [3.05, 3.63) is 51.9 Å². The minimum Gasteiger partial charge on any atom is -0.326 e. The van der Waals surface area contributed by atoms with Crippen molar-refractivity contribution in [2.75, 3.05) is 11.1 Å². The fourth-order valence-corrected chi connectivity index (χ4v) is 2.75. The lowest BCUT2D eigenvalue weighted by atomic mass is 10.1. The number of amides is 1. The number of thioether (sulfide) groups is 1. The molecule has 1 aromatic carbocycles. The highest BCUT2D eigenvalue weighted by Gasteiger charge is 2.10. The van der Waals surface area contributed by atoms with Gasteiger partial charge in [-0.05, 0) is 30.2 Å². The Bertz CT molecular complexity index is 797. The number of nitrogens with zero attached hydrogens (tertiary/aromatic N) is 1. The summed E-state index contributed by atoms with van der Waals surface area (Å²) in [6.07, 6.45) is 0. The summed E-state index contributed by atoms with van der Waals surface area (Å²) in [5.74, 6) is 0.0737. The van der Waals surface area contributed by atoms with Gasteiger partial charge in [-0.15, -0.1) is 0 Å². The van der Waals surface area contributed by atoms with E-state index in [-0.39, 0.29) is 28.9 Å². The molecule has 6 nitrogen and oxygen atoms in total. The molecule has 0 saturated carbocycles. The average molecular weight is 345 g/mol. The SMILES string of the molecule is CC(=O)Nc1ccc(C(=O)CSc2nc(C(C)C)cc(=O)[nH]2)cc1. The van der Waals surface area contributed by atoms with Crippen molar-refractivity contribution in [1.82, 2.24) is 9.97 Å². The Labute approximate surface area is 144 Å². The van der Waals surface area contributed by atoms with Gasteiger partial charge < -0.3 is 10.3 Å². The molecule has 0 unspecified atom stereocenters. The lowest BCUT2D eigenvalue weighted by molar-refractivity contribution is -0.114. The van der Waals surface area contributed by atoms with E-state index in [2.05, 4.69) is 15.3 Å². The number of carbonyl (C=O) groups is 2. The number of Topliss-reactive ketones (excluding diaryl/α,β-unsaturated/α-hetero) is 1. The summed E-state index contributed by atoms with van der Waals surface area (Å²) in [6.45, 7) is 5.34. The third-order valence-corrected chi connectivity index (χ3v) is 4.07. The van der Waals surface area contributed by atoms with Crippen molar-refractivity contribution in [1.29, 1.82) is 0 Å². The zero-order valence-electron chi connectivity index (χ0n) is 13.8. The number of aromatic amines is 1. The normalized spacial score (nSPS) is 10.7. The second-order valence-corrected chi connectivity index (χ2v) is 6.56. The van der Waals surface area contributed by atoms with E-state index in [9.17, 15) is 14.4 Å². The van der Waals surface area contributed by atoms with E-state index in [1.165, 1.54) is 24.8 Å². The standard InChI is InChI=1S/C17H19N3O3S/c1-10(2)14-8-16(23)20-17(19-14)24-9-15(22)12-4-6-13(7-5-12)18-11(3)21/h4-8,10H,9H2,1-3H3,(H,18,21)(H,19,20,23). The van der Waals surface area contributed by atoms with Crippen LogP contribution in [0.5, 0.6) is 0 Å². The van der Waals surface area contributed by atoms with E-state index in [0.29, 0.717) is 22.1 Å². The Morgan fingerprint density at radius 2 is 1.92 bits per heavy atom. The molecule has 0 spiro atoms. The molecule has 0 aliphatic rings. The maximum absolute atomic E-state index is 12.2. The molecule has 2 aromatic rings. The third kappa shape index (κ3) is 5.06. The summed E-state index contributed by atoms with van der Waals surface area (Å²) < 4.78 is 0. The van der Waals surface area contributed by atoms with Crippen molar-refractivity contribution >= 4 is 29.1 Å². The number of hydrogen-bond acceptors (Lipinski definition) is 5. The molecular formula is C17H19N3O3S. The predicted molar refractivity (Wildman–Crippen MR) is 94.7 cm³/mol. The van der Waals surface area contributed by atoms with Crippen molar-refractivity contribution in [2.45, 2.75) is 31.8 Å². The minimum absolute atomic E-state index is 0.0769. The van der Waals surface area contributed by atoms with E-state index in [0.717, 1.165) is 0 Å². The molecule has 0 aliphatic heterocycles. The van der Waals surface area contributed by atoms with Gasteiger partial charge in [0.25, 0.3) is 5.56 Å². The monoisotopic (exact) mass is 345 g/mol. The summed E-state index contributed by atoms with van der Waals surface area (Å²) in [6, 6.07) is 8.15. The molecular weight excluding hydrogens is 326 g/mol. The molecule has 1 aromatic heterocycles. The molecule has 7 heteroatoms. The number of rotatable bonds is 6. The molecule has 2 rings (SSSR count). The smallest absolute Gasteiger partial charge is 0.251 e. The topological polar surface area (TPSA) is 91.9 Å². The Hall–Kier alpha value is -2.41. The molecule has 0 aliphatic carbocycles. The number of anilines is 1. The van der Waals surface area contributed by atoms with Gasteiger partial charge in [0.15, 0.2) is 10.9 Å². The molecule has 2 N–H and O–H groups in total. The number of carbonyl (C=O) groups excluding carboxylic acids is 2. The lowest BCUT2D eigenvalue weighted by Crippen LogP contribution is -2.12. The van der Waals surface area contributed by atoms with E-state index >= 15 is 0 Å². The molecule has 24 heavy (non-hydrogen) atoms. The quantitative estimate of drug-likeness (QED) is 0.477. The number of aromatic nitrogens is 2. The van der Waals surface area contributed by atoms with Gasteiger partial charge in [-0.25, -0.2) is 4.98 Å². The van der Waals surface area contributed by atoms with E-state index in [1.54, 1.807) is 24.3 Å². The number of nitrogens with one attached hydrogen (secondary N) is 2. The first-order valence-corrected chi connectivity index (χ1v) is 8.48. The predicted octanol–water partition coefficient (Wildman–Crippen LogP) is 2.83. The zero-order valence-corrected chi connectivity index (χ0v) is 14.6. The van der Waals surface area contributed by atoms with E-state index in [4.69, 9.17) is 0 Å². The van der Waals surface area contributed by atoms with E-state index in [1.807, 2.05) is 13.8 Å². The third-order valence-electron chi connectivity index (χ3n) is 3.20. The van der Waals surface area contributed by atoms with Gasteiger partial charge >= 0.3 is 0 Å². The number of H-pyrrole nitrogens is 1. The van der Waals surface area contributed by atoms with Gasteiger partial charge in [0.1, 0.15) is 0 Å². The molecule has 0 fully saturated rings. The fraction of sp³-hybridized carbons (Fsp3) is 0.294. The van der Waals surface area contributed by atoms with Crippen LogP contribution in [-0.4, -0.2) is 27.4 Å². The average Bonchev–Trinajstić information content (AvgIpc) is 2.52. The highest BCUT2D eigenvalue weighted by atomic mass is 32.2. The van der Waals surface area contributed by atoms with Crippen LogP contribution in [0.15, 0.2) is 40.3 Å². The first-order chi connectivity index (χ1) is 11.3. The zero-order chi connectivity index (χ0) is 17.7. The summed E-state index contributed by atoms with van der Waals surface area (Å²) in [5, 5.41) is 3.09. The molecule has 0 bridgehead atoms. The van der Waals surface area contributed by atoms with E-state index < -0.39 is 0 Å². The molecule has 0 radical (unpaired) electrons. The molecule has 1 heterocycles. The second-order valence-electron chi connectivity index (χ2n) is 5.60. The second kappa shape index (κ2) is 7.92. The molecule has 1 amide bonds. The Kier molecular flexibility index (Phi) is 5.92. The van der Waals surface area contributed by atoms with Crippen molar-refractivity contribution < 1.29 is 9.59 Å². The maximum Gasteiger partial charge on any atom is 0.251 e. The summed E-state index contributed by atoms with van der Waals surface area (Å²) in [5.41, 5.74) is 1.66. The number of ketones is 1. The first-order valence-electron chi connectivity index (χ1n) is 7.50. The Balaban J connectivity index is 2.03. The van der Waals surface area contributed by atoms with Crippen LogP contribution in [-0.2, 0) is 4.79 Å². The van der Waals surface area contributed by atoms with Crippen LogP contribution in [0.2, 0.25) is 0 Å². The fourth-order valence-electron chi connectivity index (χ4n) is 1.98. The first kappa shape index (κ1) is 17.9. The van der Waals surface area contributed by atoms with Crippen LogP contribution in [0.4, 0.5) is 5.69 Å². The minimum atomic E-state index is -0.219. The highest BCUT2D eigenvalue weighted by molar-refractivity contribution is 7.99. The van der Waals surface area contributed by atoms with Gasteiger partial charge in [0.2, 0.25) is 5.91 Å². The van der Waals surface area contributed by atoms with Crippen LogP contribution in [0.1, 0.15) is 42.7 Å². The van der Waals surface area contributed by atoms with Crippen LogP contribution < -0.4 is 10.9 Å². The summed E-state index contributed by atoms with van der Waals surface area (Å²) in [7, 11) is 0. The molecule has 126 valence electrons. The lowest BCUT2D eigenvalue weighted by Gasteiger charge is -2.07. The van der Waals surface area contributed by atoms with Gasteiger partial charge in [-0.1, -0.05) is 25.6 Å². The van der Waals surface area contributed by atoms with Crippen LogP contribution in [0.25, 0.3) is 0 Å². The highest BCUT2D eigenvalue weighted by Crippen LogP contribution is 2.18. The summed E-state index contributed by atoms with van der Waals surface area (Å²) in [4.78, 5) is 41.8.